The molecule has 0 aliphatic carbocycles. The summed E-state index contributed by atoms with van der Waals surface area (Å²) in [5.41, 5.74) is 1.37. The Balaban J connectivity index is 2.40. The number of halogens is 1. The summed E-state index contributed by atoms with van der Waals surface area (Å²) in [6.07, 6.45) is 0. The summed E-state index contributed by atoms with van der Waals surface area (Å²) in [5, 5.41) is 5.24. The summed E-state index contributed by atoms with van der Waals surface area (Å²) in [6, 6.07) is 6.10. The number of ether oxygens (including phenoxy) is 2. The van der Waals surface area contributed by atoms with E-state index >= 15 is 0 Å². The van der Waals surface area contributed by atoms with Crippen LogP contribution < -0.4 is 15.4 Å². The molecule has 2 N–H and O–H groups in total. The summed E-state index contributed by atoms with van der Waals surface area (Å²) in [7, 11) is 1.28. The minimum Gasteiger partial charge on any atom is -0.494 e. The van der Waals surface area contributed by atoms with Gasteiger partial charge in [0.2, 0.25) is 0 Å². The summed E-state index contributed by atoms with van der Waals surface area (Å²) >= 11 is 5.83. The third-order valence-corrected chi connectivity index (χ3v) is 3.48. The number of urea groups is 1. The number of carbonyl (C=O) groups excluding carboxylic acids is 2. The maximum absolute atomic E-state index is 12.0. The second kappa shape index (κ2) is 7.17. The van der Waals surface area contributed by atoms with Crippen molar-refractivity contribution in [3.05, 3.63) is 41.1 Å². The van der Waals surface area contributed by atoms with Crippen molar-refractivity contribution >= 4 is 23.6 Å². The van der Waals surface area contributed by atoms with Gasteiger partial charge in [0.1, 0.15) is 5.75 Å². The lowest BCUT2D eigenvalue weighted by Gasteiger charge is -2.28. The first-order valence-corrected chi connectivity index (χ1v) is 7.31. The van der Waals surface area contributed by atoms with Crippen molar-refractivity contribution in [3.8, 4) is 5.75 Å². The van der Waals surface area contributed by atoms with Gasteiger partial charge in [-0.15, -0.1) is 11.6 Å². The number of carbonyl (C=O) groups is 2. The van der Waals surface area contributed by atoms with Crippen molar-refractivity contribution < 1.29 is 19.1 Å². The van der Waals surface area contributed by atoms with E-state index in [0.29, 0.717) is 23.6 Å². The number of hydrogen-bond donors (Lipinski definition) is 2. The van der Waals surface area contributed by atoms with E-state index in [4.69, 9.17) is 21.1 Å². The molecule has 1 aliphatic heterocycles. The summed E-state index contributed by atoms with van der Waals surface area (Å²) < 4.78 is 10.2. The molecule has 0 fully saturated rings. The summed E-state index contributed by atoms with van der Waals surface area (Å²) in [6.45, 7) is 2.46. The quantitative estimate of drug-likeness (QED) is 0.642. The highest BCUT2D eigenvalue weighted by Gasteiger charge is 2.33. The average molecular weight is 325 g/mol. The smallest absolute Gasteiger partial charge is 0.338 e. The van der Waals surface area contributed by atoms with Gasteiger partial charge in [0.15, 0.2) is 0 Å². The first-order valence-electron chi connectivity index (χ1n) is 6.78. The molecule has 1 atom stereocenters. The van der Waals surface area contributed by atoms with Gasteiger partial charge in [-0.25, -0.2) is 9.59 Å². The van der Waals surface area contributed by atoms with Crippen LogP contribution >= 0.6 is 11.6 Å². The van der Waals surface area contributed by atoms with E-state index in [0.717, 1.165) is 5.56 Å². The van der Waals surface area contributed by atoms with Crippen LogP contribution in [0.4, 0.5) is 4.79 Å². The van der Waals surface area contributed by atoms with Crippen LogP contribution in [0.25, 0.3) is 0 Å². The van der Waals surface area contributed by atoms with Gasteiger partial charge in [-0.05, 0) is 24.6 Å². The lowest BCUT2D eigenvalue weighted by Crippen LogP contribution is -2.46. The Morgan fingerprint density at radius 1 is 1.32 bits per heavy atom. The Hall–Kier alpha value is -2.21. The fraction of sp³-hybridized carbons (Fsp3) is 0.333. The fourth-order valence-corrected chi connectivity index (χ4v) is 2.46. The van der Waals surface area contributed by atoms with E-state index in [1.807, 2.05) is 6.92 Å². The second-order valence-electron chi connectivity index (χ2n) is 4.55. The zero-order chi connectivity index (χ0) is 16.1. The molecule has 1 unspecified atom stereocenters. The van der Waals surface area contributed by atoms with E-state index < -0.39 is 18.0 Å². The number of amides is 2. The number of alkyl halides is 1. The summed E-state index contributed by atoms with van der Waals surface area (Å²) in [5.74, 6) is 0.181. The van der Waals surface area contributed by atoms with Crippen molar-refractivity contribution in [2.24, 2.45) is 0 Å². The molecular weight excluding hydrogens is 308 g/mol. The molecule has 1 aliphatic rings. The molecule has 1 aromatic carbocycles. The molecular formula is C15H17ClN2O4. The minimum absolute atomic E-state index is 0.00534. The molecule has 0 radical (unpaired) electrons. The van der Waals surface area contributed by atoms with Crippen LogP contribution in [0.5, 0.6) is 5.75 Å². The number of esters is 1. The Labute approximate surface area is 133 Å². The highest BCUT2D eigenvalue weighted by molar-refractivity contribution is 6.20. The van der Waals surface area contributed by atoms with Gasteiger partial charge < -0.3 is 20.1 Å². The first-order chi connectivity index (χ1) is 10.6. The van der Waals surface area contributed by atoms with Crippen LogP contribution in [0.3, 0.4) is 0 Å². The molecule has 1 heterocycles. The van der Waals surface area contributed by atoms with Crippen LogP contribution in [-0.2, 0) is 9.53 Å². The number of methoxy groups -OCH3 is 1. The van der Waals surface area contributed by atoms with E-state index in [9.17, 15) is 9.59 Å². The van der Waals surface area contributed by atoms with Gasteiger partial charge in [-0.2, -0.15) is 0 Å². The minimum atomic E-state index is -0.620. The van der Waals surface area contributed by atoms with Crippen LogP contribution in [0.15, 0.2) is 35.5 Å². The molecule has 2 amide bonds. The fourth-order valence-electron chi connectivity index (χ4n) is 2.25. The molecule has 7 heteroatoms. The molecule has 2 rings (SSSR count). The molecule has 0 saturated heterocycles. The van der Waals surface area contributed by atoms with Gasteiger partial charge in [-0.3, -0.25) is 0 Å². The first kappa shape index (κ1) is 16.2. The van der Waals surface area contributed by atoms with Gasteiger partial charge >= 0.3 is 12.0 Å². The zero-order valence-electron chi connectivity index (χ0n) is 12.3. The number of nitrogens with one attached hydrogen (secondary N) is 2. The molecule has 6 nitrogen and oxygen atoms in total. The van der Waals surface area contributed by atoms with E-state index in [1.165, 1.54) is 7.11 Å². The van der Waals surface area contributed by atoms with E-state index in [1.54, 1.807) is 24.3 Å². The third-order valence-electron chi connectivity index (χ3n) is 3.22. The standard InChI is InChI=1S/C15H17ClN2O4/c1-3-22-10-6-4-9(5-7-10)13-12(14(19)21-2)11(8-16)17-15(20)18-13/h4-7,13H,3,8H2,1-2H3,(H2,17,18,20). The van der Waals surface area contributed by atoms with Crippen molar-refractivity contribution in [1.29, 1.82) is 0 Å². The molecule has 118 valence electrons. The van der Waals surface area contributed by atoms with Crippen molar-refractivity contribution in [2.75, 3.05) is 19.6 Å². The van der Waals surface area contributed by atoms with E-state index in [-0.39, 0.29) is 5.88 Å². The van der Waals surface area contributed by atoms with Crippen LogP contribution in [-0.4, -0.2) is 31.6 Å². The maximum atomic E-state index is 12.0. The monoisotopic (exact) mass is 324 g/mol. The Morgan fingerprint density at radius 2 is 2.00 bits per heavy atom. The Bertz CT molecular complexity index is 598. The number of benzene rings is 1. The van der Waals surface area contributed by atoms with Crippen LogP contribution in [0.2, 0.25) is 0 Å². The Kier molecular flexibility index (Phi) is 5.27. The normalized spacial score (nSPS) is 17.6. The Morgan fingerprint density at radius 3 is 2.55 bits per heavy atom. The number of allylic oxidation sites excluding steroid dienone is 1. The average Bonchev–Trinajstić information content (AvgIpc) is 2.54. The second-order valence-corrected chi connectivity index (χ2v) is 4.82. The predicted octanol–water partition coefficient (Wildman–Crippen LogP) is 2.11. The molecule has 1 aromatic rings. The molecule has 0 bridgehead atoms. The van der Waals surface area contributed by atoms with Crippen molar-refractivity contribution in [3.63, 3.8) is 0 Å². The lowest BCUT2D eigenvalue weighted by atomic mass is 9.95. The van der Waals surface area contributed by atoms with Crippen LogP contribution in [0.1, 0.15) is 18.5 Å². The topological polar surface area (TPSA) is 76.7 Å². The van der Waals surface area contributed by atoms with Gasteiger partial charge in [-0.1, -0.05) is 12.1 Å². The molecule has 22 heavy (non-hydrogen) atoms. The van der Waals surface area contributed by atoms with E-state index in [2.05, 4.69) is 10.6 Å². The van der Waals surface area contributed by atoms with Crippen molar-refractivity contribution in [1.82, 2.24) is 10.6 Å². The van der Waals surface area contributed by atoms with Gasteiger partial charge in [0, 0.05) is 5.70 Å². The largest absolute Gasteiger partial charge is 0.494 e. The highest BCUT2D eigenvalue weighted by Crippen LogP contribution is 2.29. The SMILES string of the molecule is CCOc1ccc(C2NC(=O)NC(CCl)=C2C(=O)OC)cc1. The zero-order valence-corrected chi connectivity index (χ0v) is 13.1. The van der Waals surface area contributed by atoms with Gasteiger partial charge in [0.25, 0.3) is 0 Å². The molecule has 0 aromatic heterocycles. The predicted molar refractivity (Wildman–Crippen MR) is 81.8 cm³/mol. The number of rotatable bonds is 5. The molecule has 0 spiro atoms. The lowest BCUT2D eigenvalue weighted by molar-refractivity contribution is -0.136. The van der Waals surface area contributed by atoms with Crippen LogP contribution in [0, 0.1) is 0 Å². The van der Waals surface area contributed by atoms with Crippen molar-refractivity contribution in [2.45, 2.75) is 13.0 Å². The number of hydrogen-bond acceptors (Lipinski definition) is 4. The highest BCUT2D eigenvalue weighted by atomic mass is 35.5. The maximum Gasteiger partial charge on any atom is 0.338 e. The van der Waals surface area contributed by atoms with Gasteiger partial charge in [0.05, 0.1) is 31.2 Å². The molecule has 0 saturated carbocycles. The summed E-state index contributed by atoms with van der Waals surface area (Å²) in [4.78, 5) is 23.8. The third kappa shape index (κ3) is 3.33.